The molecule has 1 saturated carbocycles. The molecule has 0 spiro atoms. The van der Waals surface area contributed by atoms with Crippen LogP contribution in [-0.2, 0) is 6.42 Å². The minimum absolute atomic E-state index is 0.158. The molecular formula is C16H22F2. The normalized spacial score (nSPS) is 25.1. The van der Waals surface area contributed by atoms with E-state index >= 15 is 0 Å². The number of alkyl halides is 2. The largest absolute Gasteiger partial charge is 0.249 e. The lowest BCUT2D eigenvalue weighted by Crippen LogP contribution is -2.14. The highest BCUT2D eigenvalue weighted by Crippen LogP contribution is 2.35. The minimum Gasteiger partial charge on any atom is -0.207 e. The molecule has 0 nitrogen and oxygen atoms in total. The molecule has 0 saturated heterocycles. The Morgan fingerprint density at radius 2 is 1.61 bits per heavy atom. The molecule has 18 heavy (non-hydrogen) atoms. The number of rotatable bonds is 3. The Kier molecular flexibility index (Phi) is 4.04. The molecule has 0 heterocycles. The molecule has 1 fully saturated rings. The first-order chi connectivity index (χ1) is 8.44. The topological polar surface area (TPSA) is 0 Å². The molecule has 0 aliphatic heterocycles. The van der Waals surface area contributed by atoms with Crippen LogP contribution in [0.15, 0.2) is 24.3 Å². The molecule has 0 amide bonds. The van der Waals surface area contributed by atoms with Crippen LogP contribution in [0.3, 0.4) is 0 Å². The monoisotopic (exact) mass is 252 g/mol. The van der Waals surface area contributed by atoms with Gasteiger partial charge < -0.3 is 0 Å². The molecule has 2 heteroatoms. The van der Waals surface area contributed by atoms with Crippen LogP contribution < -0.4 is 0 Å². The van der Waals surface area contributed by atoms with E-state index in [4.69, 9.17) is 0 Å². The van der Waals surface area contributed by atoms with Gasteiger partial charge in [-0.25, -0.2) is 8.78 Å². The summed E-state index contributed by atoms with van der Waals surface area (Å²) in [4.78, 5) is 0. The summed E-state index contributed by atoms with van der Waals surface area (Å²) in [5.41, 5.74) is 2.06. The quantitative estimate of drug-likeness (QED) is 0.695. The van der Waals surface area contributed by atoms with Crippen molar-refractivity contribution in [3.63, 3.8) is 0 Å². The summed E-state index contributed by atoms with van der Waals surface area (Å²) in [5, 5.41) is 0. The maximum absolute atomic E-state index is 12.9. The molecule has 1 aliphatic rings. The van der Waals surface area contributed by atoms with Gasteiger partial charge in [-0.15, -0.1) is 0 Å². The summed E-state index contributed by atoms with van der Waals surface area (Å²) in [6.45, 7) is 3.28. The molecule has 1 aliphatic carbocycles. The number of hydrogen-bond acceptors (Lipinski definition) is 0. The van der Waals surface area contributed by atoms with Gasteiger partial charge in [0.15, 0.2) is 0 Å². The first kappa shape index (κ1) is 13.5. The van der Waals surface area contributed by atoms with Gasteiger partial charge >= 0.3 is 0 Å². The molecular weight excluding hydrogens is 230 g/mol. The van der Waals surface area contributed by atoms with Gasteiger partial charge in [0.25, 0.3) is 0 Å². The van der Waals surface area contributed by atoms with E-state index in [1.807, 2.05) is 24.3 Å². The third-order valence-electron chi connectivity index (χ3n) is 3.98. The van der Waals surface area contributed by atoms with Crippen molar-refractivity contribution < 1.29 is 8.78 Å². The summed E-state index contributed by atoms with van der Waals surface area (Å²) in [6.07, 6.45) is 4.91. The summed E-state index contributed by atoms with van der Waals surface area (Å²) >= 11 is 0. The van der Waals surface area contributed by atoms with Crippen LogP contribution >= 0.6 is 0 Å². The molecule has 0 atom stereocenters. The predicted octanol–water partition coefficient (Wildman–Crippen LogP) is 5.18. The Morgan fingerprint density at radius 3 is 2.11 bits per heavy atom. The Balaban J connectivity index is 1.99. The van der Waals surface area contributed by atoms with E-state index in [1.165, 1.54) is 31.2 Å². The zero-order valence-corrected chi connectivity index (χ0v) is 11.3. The predicted molar refractivity (Wildman–Crippen MR) is 71.1 cm³/mol. The molecule has 0 unspecified atom stereocenters. The summed E-state index contributed by atoms with van der Waals surface area (Å²) in [5.74, 6) is -1.13. The van der Waals surface area contributed by atoms with Crippen molar-refractivity contribution in [3.05, 3.63) is 35.4 Å². The number of benzene rings is 1. The average Bonchev–Trinajstić information content (AvgIpc) is 2.29. The van der Waals surface area contributed by atoms with E-state index in [0.717, 1.165) is 18.4 Å². The van der Waals surface area contributed by atoms with Crippen molar-refractivity contribution >= 4 is 0 Å². The lowest BCUT2D eigenvalue weighted by molar-refractivity contribution is 0.0226. The maximum atomic E-state index is 12.9. The van der Waals surface area contributed by atoms with E-state index in [-0.39, 0.29) is 6.42 Å². The molecule has 0 bridgehead atoms. The third kappa shape index (κ3) is 3.79. The van der Waals surface area contributed by atoms with Crippen LogP contribution in [-0.4, -0.2) is 5.92 Å². The van der Waals surface area contributed by atoms with E-state index in [2.05, 4.69) is 6.92 Å². The zero-order chi connectivity index (χ0) is 13.2. The molecule has 0 N–H and O–H groups in total. The SMILES string of the molecule is CC1CCC(c2ccc(CC(C)(F)F)cc2)CC1. The van der Waals surface area contributed by atoms with Crippen molar-refractivity contribution in [3.8, 4) is 0 Å². The first-order valence-corrected chi connectivity index (χ1v) is 6.91. The lowest BCUT2D eigenvalue weighted by atomic mass is 9.79. The fourth-order valence-corrected chi connectivity index (χ4v) is 2.86. The molecule has 0 radical (unpaired) electrons. The van der Waals surface area contributed by atoms with Crippen molar-refractivity contribution in [2.24, 2.45) is 5.92 Å². The van der Waals surface area contributed by atoms with Crippen molar-refractivity contribution in [1.29, 1.82) is 0 Å². The van der Waals surface area contributed by atoms with Crippen molar-refractivity contribution in [2.75, 3.05) is 0 Å². The van der Waals surface area contributed by atoms with Gasteiger partial charge in [0, 0.05) is 6.42 Å². The van der Waals surface area contributed by atoms with E-state index in [0.29, 0.717) is 5.92 Å². The molecule has 1 aromatic rings. The van der Waals surface area contributed by atoms with Crippen LogP contribution in [0, 0.1) is 5.92 Å². The van der Waals surface area contributed by atoms with E-state index in [9.17, 15) is 8.78 Å². The zero-order valence-electron chi connectivity index (χ0n) is 11.3. The fraction of sp³-hybridized carbons (Fsp3) is 0.625. The first-order valence-electron chi connectivity index (χ1n) is 6.91. The fourth-order valence-electron chi connectivity index (χ4n) is 2.86. The second kappa shape index (κ2) is 5.38. The van der Waals surface area contributed by atoms with E-state index in [1.54, 1.807) is 0 Å². The smallest absolute Gasteiger partial charge is 0.207 e. The second-order valence-electron chi connectivity index (χ2n) is 5.95. The summed E-state index contributed by atoms with van der Waals surface area (Å²) in [7, 11) is 0. The Hall–Kier alpha value is -0.920. The standard InChI is InChI=1S/C16H22F2/c1-12-3-7-14(8-4-12)15-9-5-13(6-10-15)11-16(2,17)18/h5-6,9-10,12,14H,3-4,7-8,11H2,1-2H3. The number of hydrogen-bond donors (Lipinski definition) is 0. The Bertz CT molecular complexity index is 367. The van der Waals surface area contributed by atoms with Crippen molar-refractivity contribution in [1.82, 2.24) is 0 Å². The van der Waals surface area contributed by atoms with Crippen LogP contribution in [0.4, 0.5) is 8.78 Å². The lowest BCUT2D eigenvalue weighted by Gasteiger charge is -2.26. The van der Waals surface area contributed by atoms with Crippen molar-refractivity contribution in [2.45, 2.75) is 57.8 Å². The Labute approximate surface area is 108 Å². The third-order valence-corrected chi connectivity index (χ3v) is 3.98. The van der Waals surface area contributed by atoms with Gasteiger partial charge in [0.1, 0.15) is 0 Å². The molecule has 0 aromatic heterocycles. The molecule has 2 rings (SSSR count). The van der Waals surface area contributed by atoms with Gasteiger partial charge in [-0.05, 0) is 42.7 Å². The highest BCUT2D eigenvalue weighted by Gasteiger charge is 2.22. The van der Waals surface area contributed by atoms with Crippen LogP contribution in [0.25, 0.3) is 0 Å². The van der Waals surface area contributed by atoms with Crippen LogP contribution in [0.2, 0.25) is 0 Å². The Morgan fingerprint density at radius 1 is 1.06 bits per heavy atom. The molecule has 100 valence electrons. The average molecular weight is 252 g/mol. The van der Waals surface area contributed by atoms with Gasteiger partial charge in [-0.2, -0.15) is 0 Å². The minimum atomic E-state index is -2.61. The highest BCUT2D eigenvalue weighted by atomic mass is 19.3. The highest BCUT2D eigenvalue weighted by molar-refractivity contribution is 5.26. The van der Waals surface area contributed by atoms with Gasteiger partial charge in [-0.1, -0.05) is 44.0 Å². The van der Waals surface area contributed by atoms with Gasteiger partial charge in [0.2, 0.25) is 5.92 Å². The second-order valence-corrected chi connectivity index (χ2v) is 5.95. The van der Waals surface area contributed by atoms with Gasteiger partial charge in [-0.3, -0.25) is 0 Å². The number of halogens is 2. The van der Waals surface area contributed by atoms with Gasteiger partial charge in [0.05, 0.1) is 0 Å². The van der Waals surface area contributed by atoms with Crippen LogP contribution in [0.5, 0.6) is 0 Å². The van der Waals surface area contributed by atoms with E-state index < -0.39 is 5.92 Å². The molecule has 1 aromatic carbocycles. The summed E-state index contributed by atoms with van der Waals surface area (Å²) in [6, 6.07) is 7.82. The maximum Gasteiger partial charge on any atom is 0.249 e. The van der Waals surface area contributed by atoms with Crippen LogP contribution in [0.1, 0.15) is 56.6 Å². The summed E-state index contributed by atoms with van der Waals surface area (Å²) < 4.78 is 25.8.